The number of aromatic amines is 1. The van der Waals surface area contributed by atoms with Gasteiger partial charge in [0.15, 0.2) is 0 Å². The van der Waals surface area contributed by atoms with Gasteiger partial charge in [-0.3, -0.25) is 0 Å². The number of aromatic carboxylic acids is 1. The van der Waals surface area contributed by atoms with Crippen LogP contribution in [0.3, 0.4) is 0 Å². The first-order valence-electron chi connectivity index (χ1n) is 10.6. The zero-order chi connectivity index (χ0) is 23.2. The number of carboxylic acids is 1. The van der Waals surface area contributed by atoms with Gasteiger partial charge in [0.05, 0.1) is 5.56 Å². The lowest BCUT2D eigenvalue weighted by Gasteiger charge is -2.31. The summed E-state index contributed by atoms with van der Waals surface area (Å²) in [6, 6.07) is 23.3. The SMILES string of the molecule is CC1(C)C=C(c2ccc(F)cc2)c2cc(-c3ccc(-c4ccc(C(=O)O)cc4)[nH]3)ccc2O1. The van der Waals surface area contributed by atoms with Gasteiger partial charge >= 0.3 is 5.97 Å². The van der Waals surface area contributed by atoms with Gasteiger partial charge in [-0.2, -0.15) is 0 Å². The number of fused-ring (bicyclic) bond motifs is 1. The van der Waals surface area contributed by atoms with Gasteiger partial charge in [0.2, 0.25) is 0 Å². The third kappa shape index (κ3) is 4.05. The zero-order valence-electron chi connectivity index (χ0n) is 18.2. The highest BCUT2D eigenvalue weighted by atomic mass is 19.1. The smallest absolute Gasteiger partial charge is 0.335 e. The van der Waals surface area contributed by atoms with Gasteiger partial charge < -0.3 is 14.8 Å². The van der Waals surface area contributed by atoms with Crippen molar-refractivity contribution >= 4 is 11.5 Å². The molecule has 3 aromatic carbocycles. The number of H-pyrrole nitrogens is 1. The number of hydrogen-bond donors (Lipinski definition) is 2. The Kier molecular flexibility index (Phi) is 4.90. The molecule has 0 saturated heterocycles. The van der Waals surface area contributed by atoms with E-state index < -0.39 is 11.6 Å². The summed E-state index contributed by atoms with van der Waals surface area (Å²) in [5, 5.41) is 9.10. The fraction of sp³-hybridized carbons (Fsp3) is 0.107. The molecule has 0 fully saturated rings. The number of carboxylic acid groups (broad SMARTS) is 1. The van der Waals surface area contributed by atoms with E-state index in [1.54, 1.807) is 36.4 Å². The van der Waals surface area contributed by atoms with E-state index in [0.29, 0.717) is 0 Å². The number of halogens is 1. The minimum absolute atomic E-state index is 0.253. The summed E-state index contributed by atoms with van der Waals surface area (Å²) in [6.45, 7) is 4.00. The first kappa shape index (κ1) is 20.8. The molecule has 164 valence electrons. The van der Waals surface area contributed by atoms with Crippen LogP contribution in [0.1, 0.15) is 35.3 Å². The maximum absolute atomic E-state index is 13.5. The van der Waals surface area contributed by atoms with Crippen molar-refractivity contribution in [2.24, 2.45) is 0 Å². The van der Waals surface area contributed by atoms with E-state index in [0.717, 1.165) is 45.0 Å². The molecule has 0 radical (unpaired) electrons. The van der Waals surface area contributed by atoms with E-state index in [1.165, 1.54) is 12.1 Å². The molecule has 5 rings (SSSR count). The third-order valence-electron chi connectivity index (χ3n) is 5.73. The second-order valence-corrected chi connectivity index (χ2v) is 8.65. The molecule has 0 atom stereocenters. The Morgan fingerprint density at radius 3 is 2.12 bits per heavy atom. The number of hydrogen-bond acceptors (Lipinski definition) is 2. The van der Waals surface area contributed by atoms with Gasteiger partial charge in [0.1, 0.15) is 17.2 Å². The van der Waals surface area contributed by atoms with E-state index in [4.69, 9.17) is 9.84 Å². The van der Waals surface area contributed by atoms with Gasteiger partial charge in [0, 0.05) is 17.0 Å². The molecule has 0 unspecified atom stereocenters. The van der Waals surface area contributed by atoms with Crippen molar-refractivity contribution in [2.45, 2.75) is 19.4 Å². The summed E-state index contributed by atoms with van der Waals surface area (Å²) in [6.07, 6.45) is 2.07. The molecule has 2 N–H and O–H groups in total. The van der Waals surface area contributed by atoms with Crippen LogP contribution in [0.4, 0.5) is 4.39 Å². The van der Waals surface area contributed by atoms with Gasteiger partial charge in [-0.25, -0.2) is 9.18 Å². The molecule has 0 saturated carbocycles. The minimum Gasteiger partial charge on any atom is -0.483 e. The van der Waals surface area contributed by atoms with Crippen LogP contribution in [0.15, 0.2) is 84.9 Å². The molecule has 2 heterocycles. The normalized spacial score (nSPS) is 14.2. The maximum Gasteiger partial charge on any atom is 0.335 e. The summed E-state index contributed by atoms with van der Waals surface area (Å²) in [7, 11) is 0. The largest absolute Gasteiger partial charge is 0.483 e. The molecule has 4 aromatic rings. The van der Waals surface area contributed by atoms with Gasteiger partial charge in [0.25, 0.3) is 0 Å². The first-order chi connectivity index (χ1) is 15.8. The van der Waals surface area contributed by atoms with Crippen molar-refractivity contribution in [2.75, 3.05) is 0 Å². The molecule has 1 aliphatic rings. The molecule has 1 aliphatic heterocycles. The average molecular weight is 439 g/mol. The molecule has 4 nitrogen and oxygen atoms in total. The van der Waals surface area contributed by atoms with Crippen LogP contribution < -0.4 is 4.74 Å². The predicted molar refractivity (Wildman–Crippen MR) is 127 cm³/mol. The van der Waals surface area contributed by atoms with Crippen molar-refractivity contribution in [3.05, 3.63) is 107 Å². The molecule has 1 aromatic heterocycles. The van der Waals surface area contributed by atoms with Crippen molar-refractivity contribution in [1.29, 1.82) is 0 Å². The number of nitrogens with one attached hydrogen (secondary N) is 1. The third-order valence-corrected chi connectivity index (χ3v) is 5.73. The number of benzene rings is 3. The average Bonchev–Trinajstić information content (AvgIpc) is 3.29. The summed E-state index contributed by atoms with van der Waals surface area (Å²) >= 11 is 0. The van der Waals surface area contributed by atoms with Crippen molar-refractivity contribution in [3.63, 3.8) is 0 Å². The van der Waals surface area contributed by atoms with Crippen LogP contribution in [-0.2, 0) is 0 Å². The van der Waals surface area contributed by atoms with Crippen LogP contribution in [0.2, 0.25) is 0 Å². The lowest BCUT2D eigenvalue weighted by atomic mass is 9.89. The number of carbonyl (C=O) groups is 1. The Bertz CT molecular complexity index is 1380. The van der Waals surface area contributed by atoms with Crippen LogP contribution in [0.25, 0.3) is 28.1 Å². The Balaban J connectivity index is 1.53. The number of rotatable bonds is 4. The van der Waals surface area contributed by atoms with E-state index >= 15 is 0 Å². The number of ether oxygens (including phenoxy) is 1. The second kappa shape index (κ2) is 7.78. The topological polar surface area (TPSA) is 62.3 Å². The van der Waals surface area contributed by atoms with Crippen LogP contribution in [0, 0.1) is 5.82 Å². The summed E-state index contributed by atoms with van der Waals surface area (Å²) in [4.78, 5) is 14.5. The van der Waals surface area contributed by atoms with E-state index in [-0.39, 0.29) is 11.4 Å². The van der Waals surface area contributed by atoms with Gasteiger partial charge in [-0.1, -0.05) is 24.3 Å². The quantitative estimate of drug-likeness (QED) is 0.368. The van der Waals surface area contributed by atoms with E-state index in [2.05, 4.69) is 17.1 Å². The Labute approximate surface area is 191 Å². The van der Waals surface area contributed by atoms with Crippen LogP contribution in [0.5, 0.6) is 5.75 Å². The molecule has 5 heteroatoms. The zero-order valence-corrected chi connectivity index (χ0v) is 18.2. The van der Waals surface area contributed by atoms with Gasteiger partial charge in [-0.05, 0) is 96.8 Å². The van der Waals surface area contributed by atoms with Crippen molar-refractivity contribution < 1.29 is 19.0 Å². The molecular formula is C28H22FNO3. The first-order valence-corrected chi connectivity index (χ1v) is 10.6. The Morgan fingerprint density at radius 2 is 1.45 bits per heavy atom. The Morgan fingerprint density at radius 1 is 0.848 bits per heavy atom. The molecular weight excluding hydrogens is 417 g/mol. The van der Waals surface area contributed by atoms with Gasteiger partial charge in [-0.15, -0.1) is 0 Å². The highest BCUT2D eigenvalue weighted by Gasteiger charge is 2.27. The molecule has 0 amide bonds. The van der Waals surface area contributed by atoms with Crippen molar-refractivity contribution in [1.82, 2.24) is 4.98 Å². The number of aromatic nitrogens is 1. The lowest BCUT2D eigenvalue weighted by Crippen LogP contribution is -2.29. The molecule has 0 spiro atoms. The van der Waals surface area contributed by atoms with Crippen LogP contribution >= 0.6 is 0 Å². The summed E-state index contributed by atoms with van der Waals surface area (Å²) in [5.74, 6) is -0.435. The monoisotopic (exact) mass is 439 g/mol. The maximum atomic E-state index is 13.5. The Hall–Kier alpha value is -4.12. The fourth-order valence-electron chi connectivity index (χ4n) is 4.13. The highest BCUT2D eigenvalue weighted by molar-refractivity contribution is 5.89. The molecule has 0 aliphatic carbocycles. The molecule has 33 heavy (non-hydrogen) atoms. The lowest BCUT2D eigenvalue weighted by molar-refractivity contribution is 0.0697. The van der Waals surface area contributed by atoms with Crippen molar-refractivity contribution in [3.8, 4) is 28.3 Å². The predicted octanol–water partition coefficient (Wildman–Crippen LogP) is 6.79. The molecule has 0 bridgehead atoms. The summed E-state index contributed by atoms with van der Waals surface area (Å²) < 4.78 is 19.7. The van der Waals surface area contributed by atoms with E-state index in [9.17, 15) is 9.18 Å². The highest BCUT2D eigenvalue weighted by Crippen LogP contribution is 2.41. The summed E-state index contributed by atoms with van der Waals surface area (Å²) in [5.41, 5.74) is 6.35. The standard InChI is InChI=1S/C28H22FNO3/c1-28(2)16-23(17-7-10-21(29)11-8-17)22-15-20(9-14-26(22)33-28)25-13-12-24(30-25)18-3-5-19(6-4-18)27(31)32/h3-16,30H,1-2H3,(H,31,32). The fourth-order valence-corrected chi connectivity index (χ4v) is 4.13. The van der Waals surface area contributed by atoms with E-state index in [1.807, 2.05) is 38.1 Å². The van der Waals surface area contributed by atoms with Crippen LogP contribution in [-0.4, -0.2) is 21.7 Å². The second-order valence-electron chi connectivity index (χ2n) is 8.65. The minimum atomic E-state index is -0.946.